The van der Waals surface area contributed by atoms with Crippen LogP contribution in [-0.4, -0.2) is 39.0 Å². The summed E-state index contributed by atoms with van der Waals surface area (Å²) in [5.41, 5.74) is 3.19. The lowest BCUT2D eigenvalue weighted by atomic mass is 9.96. The Hall–Kier alpha value is -3.06. The average molecular weight is 391 g/mol. The number of aromatic nitrogens is 3. The van der Waals surface area contributed by atoms with E-state index in [1.54, 1.807) is 12.4 Å². The zero-order chi connectivity index (χ0) is 20.1. The number of carbonyl (C=O) groups excluding carboxylic acids is 1. The molecule has 1 aliphatic heterocycles. The van der Waals surface area contributed by atoms with Crippen LogP contribution < -0.4 is 5.32 Å². The van der Waals surface area contributed by atoms with Crippen molar-refractivity contribution in [3.8, 4) is 11.4 Å². The van der Waals surface area contributed by atoms with Gasteiger partial charge in [-0.05, 0) is 56.6 Å². The number of nitrogens with zero attached hydrogens (tertiary/aromatic N) is 4. The predicted octanol–water partition coefficient (Wildman–Crippen LogP) is 2.97. The van der Waals surface area contributed by atoms with Crippen molar-refractivity contribution >= 4 is 5.91 Å². The van der Waals surface area contributed by atoms with E-state index >= 15 is 0 Å². The number of nitrogens with one attached hydrogen (secondary N) is 1. The fourth-order valence-electron chi connectivity index (χ4n) is 3.60. The predicted molar refractivity (Wildman–Crippen MR) is 109 cm³/mol. The van der Waals surface area contributed by atoms with Crippen LogP contribution >= 0.6 is 0 Å². The van der Waals surface area contributed by atoms with E-state index in [1.807, 2.05) is 43.3 Å². The van der Waals surface area contributed by atoms with Gasteiger partial charge in [-0.2, -0.15) is 4.98 Å². The van der Waals surface area contributed by atoms with Crippen molar-refractivity contribution < 1.29 is 9.32 Å². The van der Waals surface area contributed by atoms with Crippen molar-refractivity contribution in [2.24, 2.45) is 5.92 Å². The van der Waals surface area contributed by atoms with Crippen LogP contribution in [0.5, 0.6) is 0 Å². The molecule has 150 valence electrons. The van der Waals surface area contributed by atoms with Crippen LogP contribution in [0, 0.1) is 12.8 Å². The molecule has 29 heavy (non-hydrogen) atoms. The first-order valence-electron chi connectivity index (χ1n) is 9.96. The highest BCUT2D eigenvalue weighted by atomic mass is 16.5. The molecular weight excluding hydrogens is 366 g/mol. The van der Waals surface area contributed by atoms with Crippen LogP contribution in [0.4, 0.5) is 0 Å². The van der Waals surface area contributed by atoms with Gasteiger partial charge in [0.25, 0.3) is 0 Å². The first-order valence-corrected chi connectivity index (χ1v) is 9.96. The largest absolute Gasteiger partial charge is 0.352 e. The molecule has 7 heteroatoms. The average Bonchev–Trinajstić information content (AvgIpc) is 3.22. The van der Waals surface area contributed by atoms with Crippen molar-refractivity contribution in [3.63, 3.8) is 0 Å². The second kappa shape index (κ2) is 8.96. The van der Waals surface area contributed by atoms with Gasteiger partial charge in [-0.3, -0.25) is 14.7 Å². The summed E-state index contributed by atoms with van der Waals surface area (Å²) < 4.78 is 5.44. The van der Waals surface area contributed by atoms with Crippen molar-refractivity contribution in [3.05, 3.63) is 65.8 Å². The van der Waals surface area contributed by atoms with E-state index in [0.717, 1.165) is 42.6 Å². The maximum Gasteiger partial charge on any atom is 0.241 e. The highest BCUT2D eigenvalue weighted by Gasteiger charge is 2.25. The Morgan fingerprint density at radius 2 is 2.00 bits per heavy atom. The molecule has 1 saturated heterocycles. The molecule has 0 saturated carbocycles. The summed E-state index contributed by atoms with van der Waals surface area (Å²) in [7, 11) is 0. The van der Waals surface area contributed by atoms with E-state index in [-0.39, 0.29) is 11.8 Å². The SMILES string of the molecule is Cc1cccc(-c2noc(CN3CCC(C(=O)NCc4ccncc4)CC3)n2)c1. The third-order valence-corrected chi connectivity index (χ3v) is 5.28. The molecule has 0 unspecified atom stereocenters. The van der Waals surface area contributed by atoms with Gasteiger partial charge in [-0.15, -0.1) is 0 Å². The molecule has 3 aromatic rings. The number of likely N-dealkylation sites (tertiary alicyclic amines) is 1. The van der Waals surface area contributed by atoms with Crippen molar-refractivity contribution in [1.29, 1.82) is 0 Å². The summed E-state index contributed by atoms with van der Waals surface area (Å²) in [5.74, 6) is 1.41. The molecule has 1 aliphatic rings. The number of carbonyl (C=O) groups is 1. The fourth-order valence-corrected chi connectivity index (χ4v) is 3.60. The minimum absolute atomic E-state index is 0.0543. The molecule has 0 radical (unpaired) electrons. The molecule has 3 heterocycles. The molecule has 0 bridgehead atoms. The van der Waals surface area contributed by atoms with Gasteiger partial charge in [0, 0.05) is 30.4 Å². The Morgan fingerprint density at radius 1 is 1.21 bits per heavy atom. The summed E-state index contributed by atoms with van der Waals surface area (Å²) in [6.45, 7) is 4.89. The lowest BCUT2D eigenvalue weighted by Gasteiger charge is -2.30. The molecule has 4 rings (SSSR count). The molecule has 2 aromatic heterocycles. The van der Waals surface area contributed by atoms with Crippen molar-refractivity contribution in [2.75, 3.05) is 13.1 Å². The summed E-state index contributed by atoms with van der Waals surface area (Å²) in [6, 6.07) is 11.9. The molecular formula is C22H25N5O2. The van der Waals surface area contributed by atoms with E-state index in [4.69, 9.17) is 4.52 Å². The number of rotatable bonds is 6. The van der Waals surface area contributed by atoms with Gasteiger partial charge in [0.15, 0.2) is 0 Å². The van der Waals surface area contributed by atoms with Crippen LogP contribution in [0.1, 0.15) is 29.9 Å². The molecule has 0 atom stereocenters. The number of hydrogen-bond acceptors (Lipinski definition) is 6. The molecule has 1 N–H and O–H groups in total. The fraction of sp³-hybridized carbons (Fsp3) is 0.364. The number of hydrogen-bond donors (Lipinski definition) is 1. The summed E-state index contributed by atoms with van der Waals surface area (Å²) in [5, 5.41) is 7.14. The molecule has 0 spiro atoms. The maximum absolute atomic E-state index is 12.4. The summed E-state index contributed by atoms with van der Waals surface area (Å²) in [4.78, 5) is 23.2. The van der Waals surface area contributed by atoms with Crippen LogP contribution in [0.15, 0.2) is 53.3 Å². The zero-order valence-electron chi connectivity index (χ0n) is 16.5. The summed E-state index contributed by atoms with van der Waals surface area (Å²) >= 11 is 0. The number of amides is 1. The Bertz CT molecular complexity index is 949. The van der Waals surface area contributed by atoms with E-state index < -0.39 is 0 Å². The smallest absolute Gasteiger partial charge is 0.241 e. The highest BCUT2D eigenvalue weighted by Crippen LogP contribution is 2.21. The maximum atomic E-state index is 12.4. The highest BCUT2D eigenvalue weighted by molar-refractivity contribution is 5.78. The van der Waals surface area contributed by atoms with Gasteiger partial charge < -0.3 is 9.84 Å². The van der Waals surface area contributed by atoms with Crippen LogP contribution in [0.3, 0.4) is 0 Å². The first-order chi connectivity index (χ1) is 14.2. The van der Waals surface area contributed by atoms with E-state index in [0.29, 0.717) is 24.8 Å². The number of pyridine rings is 1. The van der Waals surface area contributed by atoms with Gasteiger partial charge in [-0.25, -0.2) is 0 Å². The Balaban J connectivity index is 1.25. The molecule has 0 aliphatic carbocycles. The Kier molecular flexibility index (Phi) is 5.95. The minimum Gasteiger partial charge on any atom is -0.352 e. The lowest BCUT2D eigenvalue weighted by Crippen LogP contribution is -2.40. The summed E-state index contributed by atoms with van der Waals surface area (Å²) in [6.07, 6.45) is 5.14. The van der Waals surface area contributed by atoms with E-state index in [1.165, 1.54) is 0 Å². The normalized spacial score (nSPS) is 15.3. The molecule has 1 amide bonds. The van der Waals surface area contributed by atoms with Crippen molar-refractivity contribution in [1.82, 2.24) is 25.3 Å². The number of benzene rings is 1. The standard InChI is InChI=1S/C22H25N5O2/c1-16-3-2-4-19(13-16)21-25-20(29-26-21)15-27-11-7-18(8-12-27)22(28)24-14-17-5-9-23-10-6-17/h2-6,9-10,13,18H,7-8,11-12,14-15H2,1H3,(H,24,28). The van der Waals surface area contributed by atoms with Gasteiger partial charge in [0.05, 0.1) is 6.54 Å². The third kappa shape index (κ3) is 5.06. The van der Waals surface area contributed by atoms with Crippen molar-refractivity contribution in [2.45, 2.75) is 32.9 Å². The van der Waals surface area contributed by atoms with E-state index in [9.17, 15) is 4.79 Å². The topological polar surface area (TPSA) is 84.2 Å². The van der Waals surface area contributed by atoms with Crippen LogP contribution in [0.2, 0.25) is 0 Å². The first kappa shape index (κ1) is 19.3. The molecule has 7 nitrogen and oxygen atoms in total. The van der Waals surface area contributed by atoms with E-state index in [2.05, 4.69) is 25.3 Å². The van der Waals surface area contributed by atoms with Gasteiger partial charge >= 0.3 is 0 Å². The minimum atomic E-state index is 0.0543. The third-order valence-electron chi connectivity index (χ3n) is 5.28. The molecule has 1 fully saturated rings. The van der Waals surface area contributed by atoms with Gasteiger partial charge in [0.2, 0.25) is 17.6 Å². The monoisotopic (exact) mass is 391 g/mol. The number of aryl methyl sites for hydroxylation is 1. The molecule has 1 aromatic carbocycles. The van der Waals surface area contributed by atoms with Crippen LogP contribution in [0.25, 0.3) is 11.4 Å². The number of piperidine rings is 1. The van der Waals surface area contributed by atoms with Gasteiger partial charge in [0.1, 0.15) is 0 Å². The zero-order valence-corrected chi connectivity index (χ0v) is 16.5. The second-order valence-electron chi connectivity index (χ2n) is 7.50. The Labute approximate surface area is 170 Å². The quantitative estimate of drug-likeness (QED) is 0.695. The lowest BCUT2D eigenvalue weighted by molar-refractivity contribution is -0.126. The Morgan fingerprint density at radius 3 is 2.76 bits per heavy atom. The van der Waals surface area contributed by atoms with Gasteiger partial charge in [-0.1, -0.05) is 28.9 Å². The van der Waals surface area contributed by atoms with Crippen LogP contribution in [-0.2, 0) is 17.9 Å². The second-order valence-corrected chi connectivity index (χ2v) is 7.50.